The van der Waals surface area contributed by atoms with Crippen molar-refractivity contribution < 1.29 is 9.32 Å². The molecule has 30 heavy (non-hydrogen) atoms. The molecule has 2 N–H and O–H groups in total. The number of rotatable bonds is 9. The van der Waals surface area contributed by atoms with E-state index in [0.29, 0.717) is 24.0 Å². The maximum absolute atomic E-state index is 12.2. The molecule has 1 amide bonds. The predicted molar refractivity (Wildman–Crippen MR) is 120 cm³/mol. The molecule has 1 aromatic carbocycles. The molecule has 6 nitrogen and oxygen atoms in total. The van der Waals surface area contributed by atoms with Crippen LogP contribution in [0, 0.1) is 0 Å². The molecule has 7 heteroatoms. The Morgan fingerprint density at radius 3 is 2.93 bits per heavy atom. The molecule has 1 unspecified atom stereocenters. The molecule has 0 saturated carbocycles. The second-order valence-corrected chi connectivity index (χ2v) is 8.54. The van der Waals surface area contributed by atoms with Gasteiger partial charge in [-0.2, -0.15) is 0 Å². The lowest BCUT2D eigenvalue weighted by Gasteiger charge is -2.34. The quantitative estimate of drug-likeness (QED) is 0.509. The summed E-state index contributed by atoms with van der Waals surface area (Å²) in [6, 6.07) is 16.7. The van der Waals surface area contributed by atoms with Gasteiger partial charge in [0.15, 0.2) is 11.5 Å². The van der Waals surface area contributed by atoms with Crippen LogP contribution in [-0.4, -0.2) is 48.7 Å². The van der Waals surface area contributed by atoms with Crippen molar-refractivity contribution in [1.82, 2.24) is 20.7 Å². The van der Waals surface area contributed by atoms with Crippen molar-refractivity contribution in [1.29, 1.82) is 0 Å². The first kappa shape index (κ1) is 20.8. The van der Waals surface area contributed by atoms with Crippen molar-refractivity contribution in [3.05, 3.63) is 65.2 Å². The van der Waals surface area contributed by atoms with Crippen LogP contribution in [0.1, 0.15) is 41.4 Å². The molecular weight excluding hydrogens is 396 g/mol. The Hall–Kier alpha value is -2.48. The van der Waals surface area contributed by atoms with Gasteiger partial charge in [-0.3, -0.25) is 4.79 Å². The molecule has 1 saturated heterocycles. The van der Waals surface area contributed by atoms with E-state index in [0.717, 1.165) is 50.3 Å². The number of unbranched alkanes of at least 4 members (excludes halogenated alkanes) is 2. The van der Waals surface area contributed by atoms with Gasteiger partial charge in [-0.1, -0.05) is 48.0 Å². The molecule has 0 radical (unpaired) electrons. The number of carbonyl (C=O) groups excluding carboxylic acids is 1. The lowest BCUT2D eigenvalue weighted by Crippen LogP contribution is -2.46. The van der Waals surface area contributed by atoms with E-state index in [9.17, 15) is 4.79 Å². The van der Waals surface area contributed by atoms with E-state index in [-0.39, 0.29) is 5.91 Å². The van der Waals surface area contributed by atoms with E-state index in [4.69, 9.17) is 4.52 Å². The highest BCUT2D eigenvalue weighted by Crippen LogP contribution is 2.25. The van der Waals surface area contributed by atoms with Crippen LogP contribution in [0.3, 0.4) is 0 Å². The molecule has 0 bridgehead atoms. The smallest absolute Gasteiger partial charge is 0.273 e. The van der Waals surface area contributed by atoms with Gasteiger partial charge in [-0.05, 0) is 36.4 Å². The van der Waals surface area contributed by atoms with Crippen molar-refractivity contribution >= 4 is 17.2 Å². The number of piperazine rings is 1. The third kappa shape index (κ3) is 5.56. The number of amides is 1. The molecule has 1 atom stereocenters. The predicted octanol–water partition coefficient (Wildman–Crippen LogP) is 3.95. The highest BCUT2D eigenvalue weighted by Gasteiger charge is 2.20. The van der Waals surface area contributed by atoms with E-state index < -0.39 is 0 Å². The maximum atomic E-state index is 12.2. The minimum Gasteiger partial charge on any atom is -0.355 e. The van der Waals surface area contributed by atoms with E-state index in [1.807, 2.05) is 17.5 Å². The second kappa shape index (κ2) is 10.5. The van der Waals surface area contributed by atoms with Gasteiger partial charge in [0.2, 0.25) is 0 Å². The number of aromatic nitrogens is 1. The fourth-order valence-corrected chi connectivity index (χ4v) is 4.44. The molecule has 4 rings (SSSR count). The fraction of sp³-hybridized carbons (Fsp3) is 0.391. The van der Waals surface area contributed by atoms with Crippen molar-refractivity contribution in [3.8, 4) is 10.6 Å². The third-order valence-electron chi connectivity index (χ3n) is 5.40. The van der Waals surface area contributed by atoms with E-state index in [1.54, 1.807) is 17.4 Å². The number of nitrogens with one attached hydrogen (secondary N) is 2. The normalized spacial score (nSPS) is 17.1. The van der Waals surface area contributed by atoms with Gasteiger partial charge in [-0.25, -0.2) is 0 Å². The summed E-state index contributed by atoms with van der Waals surface area (Å²) in [5.74, 6) is 0.467. The number of thiophene rings is 1. The molecule has 0 spiro atoms. The highest BCUT2D eigenvalue weighted by atomic mass is 32.1. The Bertz CT molecular complexity index is 910. The van der Waals surface area contributed by atoms with Gasteiger partial charge >= 0.3 is 0 Å². The van der Waals surface area contributed by atoms with Crippen molar-refractivity contribution in [2.75, 3.05) is 32.7 Å². The molecule has 3 heterocycles. The minimum atomic E-state index is -0.172. The van der Waals surface area contributed by atoms with Gasteiger partial charge in [0, 0.05) is 38.3 Å². The second-order valence-electron chi connectivity index (χ2n) is 7.59. The standard InChI is InChI=1S/C23H28N4O2S/c28-23(19-16-21(29-26-19)22-10-7-15-30-22)25-11-5-2-6-13-27-14-12-24-20(17-27)18-8-3-1-4-9-18/h1,3-4,7-10,15-16,20,24H,2,5-6,11-14,17H2,(H,25,28). The Kier molecular flexibility index (Phi) is 7.29. The number of hydrogen-bond donors (Lipinski definition) is 2. The Balaban J connectivity index is 1.12. The van der Waals surface area contributed by atoms with Crippen LogP contribution in [-0.2, 0) is 0 Å². The molecule has 1 aliphatic rings. The summed E-state index contributed by atoms with van der Waals surface area (Å²) in [5, 5.41) is 12.4. The Labute approximate surface area is 181 Å². The topological polar surface area (TPSA) is 70.4 Å². The first-order valence-electron chi connectivity index (χ1n) is 10.6. The summed E-state index contributed by atoms with van der Waals surface area (Å²) < 4.78 is 5.27. The van der Waals surface area contributed by atoms with Crippen LogP contribution in [0.5, 0.6) is 0 Å². The van der Waals surface area contributed by atoms with Gasteiger partial charge in [0.25, 0.3) is 5.91 Å². The van der Waals surface area contributed by atoms with Crippen LogP contribution in [0.2, 0.25) is 0 Å². The molecular formula is C23H28N4O2S. The minimum absolute atomic E-state index is 0.172. The lowest BCUT2D eigenvalue weighted by atomic mass is 10.0. The SMILES string of the molecule is O=C(NCCCCCN1CCNC(c2ccccc2)C1)c1cc(-c2cccs2)on1. The van der Waals surface area contributed by atoms with E-state index in [1.165, 1.54) is 5.56 Å². The van der Waals surface area contributed by atoms with Gasteiger partial charge in [-0.15, -0.1) is 11.3 Å². The number of carbonyl (C=O) groups is 1. The van der Waals surface area contributed by atoms with Crippen LogP contribution in [0.15, 0.2) is 58.4 Å². The van der Waals surface area contributed by atoms with E-state index in [2.05, 4.69) is 51.0 Å². The number of nitrogens with zero attached hydrogens (tertiary/aromatic N) is 2. The molecule has 2 aromatic heterocycles. The van der Waals surface area contributed by atoms with E-state index >= 15 is 0 Å². The van der Waals surface area contributed by atoms with Crippen molar-refractivity contribution in [2.45, 2.75) is 25.3 Å². The Morgan fingerprint density at radius 1 is 1.20 bits per heavy atom. The summed E-state index contributed by atoms with van der Waals surface area (Å²) in [4.78, 5) is 15.7. The average molecular weight is 425 g/mol. The van der Waals surface area contributed by atoms with Crippen molar-refractivity contribution in [2.24, 2.45) is 0 Å². The highest BCUT2D eigenvalue weighted by molar-refractivity contribution is 7.13. The van der Waals surface area contributed by atoms with Crippen LogP contribution < -0.4 is 10.6 Å². The molecule has 0 aliphatic carbocycles. The van der Waals surface area contributed by atoms with Crippen molar-refractivity contribution in [3.63, 3.8) is 0 Å². The third-order valence-corrected chi connectivity index (χ3v) is 6.29. The largest absolute Gasteiger partial charge is 0.355 e. The summed E-state index contributed by atoms with van der Waals surface area (Å²) in [6.45, 7) is 4.94. The van der Waals surface area contributed by atoms with Gasteiger partial charge < -0.3 is 20.1 Å². The average Bonchev–Trinajstić information content (AvgIpc) is 3.49. The number of hydrogen-bond acceptors (Lipinski definition) is 6. The van der Waals surface area contributed by atoms with Crippen LogP contribution in [0.4, 0.5) is 0 Å². The summed E-state index contributed by atoms with van der Waals surface area (Å²) >= 11 is 1.57. The Morgan fingerprint density at radius 2 is 2.10 bits per heavy atom. The van der Waals surface area contributed by atoms with Crippen LogP contribution in [0.25, 0.3) is 10.6 Å². The summed E-state index contributed by atoms with van der Waals surface area (Å²) in [6.07, 6.45) is 3.21. The summed E-state index contributed by atoms with van der Waals surface area (Å²) in [5.41, 5.74) is 1.70. The van der Waals surface area contributed by atoms with Gasteiger partial charge in [0.05, 0.1) is 4.88 Å². The van der Waals surface area contributed by atoms with Gasteiger partial charge in [0.1, 0.15) is 0 Å². The zero-order valence-electron chi connectivity index (χ0n) is 17.0. The first-order chi connectivity index (χ1) is 14.8. The monoisotopic (exact) mass is 424 g/mol. The zero-order chi connectivity index (χ0) is 20.6. The maximum Gasteiger partial charge on any atom is 0.273 e. The number of benzene rings is 1. The molecule has 3 aromatic rings. The van der Waals surface area contributed by atoms with Crippen LogP contribution >= 0.6 is 11.3 Å². The first-order valence-corrected chi connectivity index (χ1v) is 11.5. The summed E-state index contributed by atoms with van der Waals surface area (Å²) in [7, 11) is 0. The molecule has 158 valence electrons. The molecule has 1 aliphatic heterocycles. The lowest BCUT2D eigenvalue weighted by molar-refractivity contribution is 0.0943. The zero-order valence-corrected chi connectivity index (χ0v) is 17.9. The fourth-order valence-electron chi connectivity index (χ4n) is 3.77. The molecule has 1 fully saturated rings.